The standard InChI is InChI=1S/C19H21FN4O4/c1-4-10-22-17(26)23(11-5-2)19(28)24(18(22)27)13-16(25)21(3)12-14-6-8-15(20)9-7-14/h4-9H,1-2,10-13H2,3H3. The molecule has 148 valence electrons. The lowest BCUT2D eigenvalue weighted by atomic mass is 10.2. The third-order valence-electron chi connectivity index (χ3n) is 4.06. The van der Waals surface area contributed by atoms with Crippen LogP contribution in [0.3, 0.4) is 0 Å². The van der Waals surface area contributed by atoms with E-state index < -0.39 is 35.3 Å². The molecule has 0 N–H and O–H groups in total. The van der Waals surface area contributed by atoms with Crippen LogP contribution in [0.2, 0.25) is 0 Å². The molecule has 0 saturated heterocycles. The number of carbonyl (C=O) groups excluding carboxylic acids is 1. The third-order valence-corrected chi connectivity index (χ3v) is 4.06. The summed E-state index contributed by atoms with van der Waals surface area (Å²) in [5.74, 6) is -0.908. The molecule has 0 radical (unpaired) electrons. The van der Waals surface area contributed by atoms with Crippen LogP contribution < -0.4 is 17.1 Å². The lowest BCUT2D eigenvalue weighted by Crippen LogP contribution is -2.55. The summed E-state index contributed by atoms with van der Waals surface area (Å²) in [6, 6.07) is 5.62. The van der Waals surface area contributed by atoms with Crippen LogP contribution in [0.1, 0.15) is 5.56 Å². The molecule has 2 aromatic rings. The van der Waals surface area contributed by atoms with Crippen LogP contribution in [-0.2, 0) is 31.0 Å². The minimum atomic E-state index is -0.890. The molecule has 2 rings (SSSR count). The van der Waals surface area contributed by atoms with E-state index in [2.05, 4.69) is 13.2 Å². The Morgan fingerprint density at radius 3 is 1.89 bits per heavy atom. The van der Waals surface area contributed by atoms with Gasteiger partial charge in [-0.1, -0.05) is 24.3 Å². The quantitative estimate of drug-likeness (QED) is 0.611. The third kappa shape index (κ3) is 4.43. The minimum Gasteiger partial charge on any atom is -0.340 e. The van der Waals surface area contributed by atoms with Crippen molar-refractivity contribution in [2.24, 2.45) is 0 Å². The second-order valence-corrected chi connectivity index (χ2v) is 6.11. The van der Waals surface area contributed by atoms with E-state index in [1.807, 2.05) is 0 Å². The van der Waals surface area contributed by atoms with Crippen molar-refractivity contribution in [3.05, 3.63) is 92.4 Å². The van der Waals surface area contributed by atoms with Gasteiger partial charge in [0.15, 0.2) is 0 Å². The molecule has 0 saturated carbocycles. The average Bonchev–Trinajstić information content (AvgIpc) is 2.67. The Labute approximate surface area is 160 Å². The van der Waals surface area contributed by atoms with E-state index >= 15 is 0 Å². The first-order valence-electron chi connectivity index (χ1n) is 8.44. The van der Waals surface area contributed by atoms with Crippen LogP contribution in [0, 0.1) is 5.82 Å². The van der Waals surface area contributed by atoms with Gasteiger partial charge in [-0.3, -0.25) is 4.79 Å². The number of likely N-dealkylation sites (N-methyl/N-ethyl adjacent to an activating group) is 1. The van der Waals surface area contributed by atoms with Crippen LogP contribution in [-0.4, -0.2) is 31.6 Å². The van der Waals surface area contributed by atoms with Gasteiger partial charge in [-0.25, -0.2) is 32.5 Å². The molecule has 9 heteroatoms. The monoisotopic (exact) mass is 388 g/mol. The van der Waals surface area contributed by atoms with Crippen LogP contribution >= 0.6 is 0 Å². The predicted molar refractivity (Wildman–Crippen MR) is 102 cm³/mol. The molecule has 0 aliphatic heterocycles. The number of nitrogens with zero attached hydrogens (tertiary/aromatic N) is 4. The Morgan fingerprint density at radius 1 is 0.964 bits per heavy atom. The molecule has 1 aromatic heterocycles. The fourth-order valence-electron chi connectivity index (χ4n) is 2.60. The fraction of sp³-hybridized carbons (Fsp3) is 0.263. The highest BCUT2D eigenvalue weighted by atomic mass is 19.1. The number of halogens is 1. The van der Waals surface area contributed by atoms with Crippen molar-refractivity contribution < 1.29 is 9.18 Å². The SMILES string of the molecule is C=CCn1c(=O)n(CC=C)c(=O)n(CC(=O)N(C)Cc2ccc(F)cc2)c1=O. The topological polar surface area (TPSA) is 86.3 Å². The van der Waals surface area contributed by atoms with Gasteiger partial charge in [0.05, 0.1) is 13.1 Å². The van der Waals surface area contributed by atoms with Crippen LogP contribution in [0.25, 0.3) is 0 Å². The Kier molecular flexibility index (Phi) is 6.64. The molecule has 1 amide bonds. The highest BCUT2D eigenvalue weighted by molar-refractivity contribution is 5.75. The first-order valence-corrected chi connectivity index (χ1v) is 8.44. The Bertz CT molecular complexity index is 1020. The van der Waals surface area contributed by atoms with E-state index in [0.717, 1.165) is 9.13 Å². The minimum absolute atomic E-state index is 0.102. The number of hydrogen-bond donors (Lipinski definition) is 0. The lowest BCUT2D eigenvalue weighted by molar-refractivity contribution is -0.131. The Morgan fingerprint density at radius 2 is 1.43 bits per heavy atom. The molecule has 0 aliphatic carbocycles. The molecule has 0 unspecified atom stereocenters. The van der Waals surface area contributed by atoms with Crippen LogP contribution in [0.15, 0.2) is 64.0 Å². The number of aromatic nitrogens is 3. The van der Waals surface area contributed by atoms with Gasteiger partial charge in [0, 0.05) is 13.6 Å². The summed E-state index contributed by atoms with van der Waals surface area (Å²) in [6.45, 7) is 6.41. The molecule has 0 atom stereocenters. The molecule has 0 aliphatic rings. The van der Waals surface area contributed by atoms with Gasteiger partial charge >= 0.3 is 17.1 Å². The number of amides is 1. The second kappa shape index (κ2) is 8.94. The van der Waals surface area contributed by atoms with E-state index in [1.54, 1.807) is 0 Å². The van der Waals surface area contributed by atoms with E-state index in [4.69, 9.17) is 0 Å². The number of benzene rings is 1. The van der Waals surface area contributed by atoms with Gasteiger partial charge in [0.2, 0.25) is 5.91 Å². The smallest absolute Gasteiger partial charge is 0.337 e. The summed E-state index contributed by atoms with van der Waals surface area (Å²) in [5, 5.41) is 0. The van der Waals surface area contributed by atoms with Gasteiger partial charge in [-0.15, -0.1) is 13.2 Å². The van der Waals surface area contributed by atoms with Gasteiger partial charge in [-0.05, 0) is 17.7 Å². The number of allylic oxidation sites excluding steroid dienone is 2. The first kappa shape index (κ1) is 20.8. The average molecular weight is 388 g/mol. The van der Waals surface area contributed by atoms with Crippen molar-refractivity contribution in [3.63, 3.8) is 0 Å². The van der Waals surface area contributed by atoms with Crippen molar-refractivity contribution in [3.8, 4) is 0 Å². The van der Waals surface area contributed by atoms with Gasteiger partial charge < -0.3 is 4.90 Å². The molecule has 1 heterocycles. The summed E-state index contributed by atoms with van der Waals surface area (Å²) >= 11 is 0. The predicted octanol–water partition coefficient (Wildman–Crippen LogP) is 0.341. The maximum atomic E-state index is 13.0. The van der Waals surface area contributed by atoms with Crippen molar-refractivity contribution in [1.29, 1.82) is 0 Å². The van der Waals surface area contributed by atoms with Gasteiger partial charge in [-0.2, -0.15) is 0 Å². The van der Waals surface area contributed by atoms with Gasteiger partial charge in [0.1, 0.15) is 12.4 Å². The zero-order chi connectivity index (χ0) is 20.8. The van der Waals surface area contributed by atoms with E-state index in [-0.39, 0.29) is 19.6 Å². The van der Waals surface area contributed by atoms with Crippen molar-refractivity contribution >= 4 is 5.91 Å². The summed E-state index contributed by atoms with van der Waals surface area (Å²) in [6.07, 6.45) is 2.69. The number of carbonyl (C=O) groups is 1. The molecule has 1 aromatic carbocycles. The van der Waals surface area contributed by atoms with E-state index in [1.165, 1.54) is 48.4 Å². The normalized spacial score (nSPS) is 10.5. The highest BCUT2D eigenvalue weighted by Gasteiger charge is 2.18. The number of rotatable bonds is 8. The molecule has 8 nitrogen and oxygen atoms in total. The van der Waals surface area contributed by atoms with Crippen molar-refractivity contribution in [2.45, 2.75) is 26.2 Å². The Hall–Kier alpha value is -3.49. The zero-order valence-electron chi connectivity index (χ0n) is 15.5. The van der Waals surface area contributed by atoms with E-state index in [9.17, 15) is 23.6 Å². The summed E-state index contributed by atoms with van der Waals surface area (Å²) in [4.78, 5) is 51.2. The highest BCUT2D eigenvalue weighted by Crippen LogP contribution is 2.05. The molecular formula is C19H21FN4O4. The summed E-state index contributed by atoms with van der Waals surface area (Å²) < 4.78 is 15.4. The second-order valence-electron chi connectivity index (χ2n) is 6.11. The molecule has 28 heavy (non-hydrogen) atoms. The molecular weight excluding hydrogens is 367 g/mol. The first-order chi connectivity index (χ1) is 13.3. The summed E-state index contributed by atoms with van der Waals surface area (Å²) in [7, 11) is 1.50. The lowest BCUT2D eigenvalue weighted by Gasteiger charge is -2.18. The van der Waals surface area contributed by atoms with Crippen molar-refractivity contribution in [2.75, 3.05) is 7.05 Å². The molecule has 0 spiro atoms. The van der Waals surface area contributed by atoms with Gasteiger partial charge in [0.25, 0.3) is 0 Å². The Balaban J connectivity index is 2.37. The van der Waals surface area contributed by atoms with E-state index in [0.29, 0.717) is 10.1 Å². The number of hydrogen-bond acceptors (Lipinski definition) is 4. The molecule has 0 bridgehead atoms. The van der Waals surface area contributed by atoms with Crippen LogP contribution in [0.4, 0.5) is 4.39 Å². The van der Waals surface area contributed by atoms with Crippen molar-refractivity contribution in [1.82, 2.24) is 18.6 Å². The molecule has 0 fully saturated rings. The summed E-state index contributed by atoms with van der Waals surface area (Å²) in [5.41, 5.74) is -1.89. The fourth-order valence-corrected chi connectivity index (χ4v) is 2.60. The maximum Gasteiger partial charge on any atom is 0.337 e. The maximum absolute atomic E-state index is 13.0. The van der Waals surface area contributed by atoms with Crippen LogP contribution in [0.5, 0.6) is 0 Å². The zero-order valence-corrected chi connectivity index (χ0v) is 15.5. The largest absolute Gasteiger partial charge is 0.340 e.